The van der Waals surface area contributed by atoms with Gasteiger partial charge in [-0.05, 0) is 13.8 Å². The fourth-order valence-corrected chi connectivity index (χ4v) is 3.42. The van der Waals surface area contributed by atoms with Crippen molar-refractivity contribution in [3.8, 4) is 0 Å². The van der Waals surface area contributed by atoms with Gasteiger partial charge in [0.2, 0.25) is 5.91 Å². The van der Waals surface area contributed by atoms with Crippen LogP contribution in [-0.2, 0) is 32.7 Å². The lowest BCUT2D eigenvalue weighted by Crippen LogP contribution is -2.43. The summed E-state index contributed by atoms with van der Waals surface area (Å²) in [5.41, 5.74) is 1.25. The maximum absolute atomic E-state index is 12.1. The minimum absolute atomic E-state index is 0.0941. The number of hydrogen-bond acceptors (Lipinski definition) is 4. The molecule has 2 atom stereocenters. The normalized spacial score (nSPS) is 13.7. The van der Waals surface area contributed by atoms with Gasteiger partial charge in [0, 0.05) is 24.3 Å². The van der Waals surface area contributed by atoms with Gasteiger partial charge in [-0.2, -0.15) is 5.10 Å². The molecule has 0 bridgehead atoms. The van der Waals surface area contributed by atoms with Crippen LogP contribution in [0.4, 0.5) is 0 Å². The molecule has 0 saturated carbocycles. The van der Waals surface area contributed by atoms with Gasteiger partial charge in [0.1, 0.15) is 6.04 Å². The third kappa shape index (κ3) is 4.82. The fraction of sp³-hybridized carbons (Fsp3) is 0.583. The summed E-state index contributed by atoms with van der Waals surface area (Å²) < 4.78 is 13.8. The molecule has 2 N–H and O–H groups in total. The molecule has 1 aromatic heterocycles. The Bertz CT molecular complexity index is 573. The van der Waals surface area contributed by atoms with Crippen molar-refractivity contribution < 1.29 is 18.9 Å². The molecular weight excluding hydrogens is 318 g/mol. The maximum atomic E-state index is 12.1. The molecule has 0 aromatic carbocycles. The Morgan fingerprint density at radius 2 is 2.14 bits per heavy atom. The number of hydrogen-bond donors (Lipinski definition) is 2. The second-order valence-corrected chi connectivity index (χ2v) is 6.38. The van der Waals surface area contributed by atoms with Gasteiger partial charge in [-0.15, -0.1) is 0 Å². The molecule has 118 valence electrons. The monoisotopic (exact) mass is 335 g/mol. The molecule has 0 spiro atoms. The minimum Gasteiger partial charge on any atom is -0.480 e. The molecule has 1 heterocycles. The van der Waals surface area contributed by atoms with Gasteiger partial charge in [0.25, 0.3) is 0 Å². The number of nitrogens with one attached hydrogen (secondary N) is 1. The second kappa shape index (κ2) is 7.56. The van der Waals surface area contributed by atoms with Crippen LogP contribution in [0.1, 0.15) is 25.2 Å². The number of aromatic nitrogens is 2. The second-order valence-electron chi connectivity index (χ2n) is 4.50. The molecule has 21 heavy (non-hydrogen) atoms. The van der Waals surface area contributed by atoms with Gasteiger partial charge < -0.3 is 10.4 Å². The summed E-state index contributed by atoms with van der Waals surface area (Å²) in [6.07, 6.45) is 0. The third-order valence-electron chi connectivity index (χ3n) is 2.78. The number of aliphatic carboxylic acids is 1. The molecular formula is C12H18ClN3O4S. The van der Waals surface area contributed by atoms with Crippen LogP contribution in [-0.4, -0.2) is 42.8 Å². The van der Waals surface area contributed by atoms with Crippen LogP contribution in [0.5, 0.6) is 0 Å². The van der Waals surface area contributed by atoms with E-state index in [-0.39, 0.29) is 11.5 Å². The molecule has 1 aromatic rings. The minimum atomic E-state index is -1.49. The van der Waals surface area contributed by atoms with E-state index in [9.17, 15) is 13.8 Å². The average molecular weight is 336 g/mol. The van der Waals surface area contributed by atoms with Crippen molar-refractivity contribution in [2.45, 2.75) is 39.1 Å². The highest BCUT2D eigenvalue weighted by atomic mass is 35.5. The van der Waals surface area contributed by atoms with E-state index in [1.54, 1.807) is 11.6 Å². The van der Waals surface area contributed by atoms with E-state index in [0.717, 1.165) is 0 Å². The molecule has 9 heteroatoms. The molecule has 1 amide bonds. The predicted octanol–water partition coefficient (Wildman–Crippen LogP) is 0.703. The topological polar surface area (TPSA) is 101 Å². The van der Waals surface area contributed by atoms with Gasteiger partial charge in [-0.25, -0.2) is 4.79 Å². The van der Waals surface area contributed by atoms with E-state index in [4.69, 9.17) is 16.7 Å². The van der Waals surface area contributed by atoms with Crippen molar-refractivity contribution in [3.63, 3.8) is 0 Å². The van der Waals surface area contributed by atoms with Crippen LogP contribution in [0.25, 0.3) is 0 Å². The lowest BCUT2D eigenvalue weighted by atomic mass is 10.3. The van der Waals surface area contributed by atoms with Crippen LogP contribution < -0.4 is 5.32 Å². The molecule has 0 aliphatic carbocycles. The Hall–Kier alpha value is -1.41. The molecule has 7 nitrogen and oxygen atoms in total. The number of nitrogens with zero attached hydrogens (tertiary/aromatic N) is 2. The van der Waals surface area contributed by atoms with E-state index >= 15 is 0 Å². The zero-order valence-corrected chi connectivity index (χ0v) is 13.6. The Morgan fingerprint density at radius 3 is 2.62 bits per heavy atom. The number of rotatable bonds is 7. The number of carboxylic acids is 1. The zero-order chi connectivity index (χ0) is 16.2. The summed E-state index contributed by atoms with van der Waals surface area (Å²) in [6, 6.07) is -1.18. The van der Waals surface area contributed by atoms with Crippen molar-refractivity contribution >= 4 is 34.3 Å². The Kier molecular flexibility index (Phi) is 6.35. The number of carbonyl (C=O) groups excluding carboxylic acids is 1. The first-order valence-corrected chi connectivity index (χ1v) is 8.19. The zero-order valence-electron chi connectivity index (χ0n) is 12.1. The van der Waals surface area contributed by atoms with Gasteiger partial charge in [0.15, 0.2) is 0 Å². The summed E-state index contributed by atoms with van der Waals surface area (Å²) in [5, 5.41) is 15.9. The molecule has 0 saturated heterocycles. The SMILES string of the molecule is CCn1nc(C)c(Cl)c1CS(=O)C[C@H](NC(C)=O)C(=O)O. The summed E-state index contributed by atoms with van der Waals surface area (Å²) in [4.78, 5) is 22.0. The summed E-state index contributed by atoms with van der Waals surface area (Å²) >= 11 is 6.12. The van der Waals surface area contributed by atoms with Gasteiger partial charge in [-0.3, -0.25) is 13.7 Å². The van der Waals surface area contributed by atoms with Crippen LogP contribution in [0.15, 0.2) is 0 Å². The van der Waals surface area contributed by atoms with Crippen molar-refractivity contribution in [2.24, 2.45) is 0 Å². The van der Waals surface area contributed by atoms with Gasteiger partial charge >= 0.3 is 5.97 Å². The smallest absolute Gasteiger partial charge is 0.327 e. The highest BCUT2D eigenvalue weighted by Crippen LogP contribution is 2.21. The number of aryl methyl sites for hydroxylation is 2. The van der Waals surface area contributed by atoms with Gasteiger partial charge in [-0.1, -0.05) is 11.6 Å². The number of carbonyl (C=O) groups is 2. The van der Waals surface area contributed by atoms with Crippen molar-refractivity contribution in [2.75, 3.05) is 5.75 Å². The van der Waals surface area contributed by atoms with E-state index in [1.807, 2.05) is 6.92 Å². The van der Waals surface area contributed by atoms with Crippen LogP contribution >= 0.6 is 11.6 Å². The van der Waals surface area contributed by atoms with Crippen molar-refractivity contribution in [1.82, 2.24) is 15.1 Å². The molecule has 1 rings (SSSR count). The van der Waals surface area contributed by atoms with Crippen molar-refractivity contribution in [1.29, 1.82) is 0 Å². The first-order valence-electron chi connectivity index (χ1n) is 6.32. The van der Waals surface area contributed by atoms with Crippen LogP contribution in [0.3, 0.4) is 0 Å². The van der Waals surface area contributed by atoms with E-state index in [2.05, 4.69) is 10.4 Å². The highest BCUT2D eigenvalue weighted by molar-refractivity contribution is 7.84. The van der Waals surface area contributed by atoms with E-state index < -0.39 is 28.7 Å². The third-order valence-corrected chi connectivity index (χ3v) is 4.57. The fourth-order valence-electron chi connectivity index (χ4n) is 1.82. The maximum Gasteiger partial charge on any atom is 0.327 e. The van der Waals surface area contributed by atoms with E-state index in [0.29, 0.717) is 23.0 Å². The molecule has 0 aliphatic rings. The molecule has 1 unspecified atom stereocenters. The quantitative estimate of drug-likeness (QED) is 0.764. The lowest BCUT2D eigenvalue weighted by Gasteiger charge is -2.13. The predicted molar refractivity (Wildman–Crippen MR) is 79.6 cm³/mol. The van der Waals surface area contributed by atoms with E-state index in [1.165, 1.54) is 6.92 Å². The highest BCUT2D eigenvalue weighted by Gasteiger charge is 2.23. The average Bonchev–Trinajstić information content (AvgIpc) is 2.65. The molecule has 0 fully saturated rings. The van der Waals surface area contributed by atoms with Crippen LogP contribution in [0, 0.1) is 6.92 Å². The Labute approximate surface area is 130 Å². The summed E-state index contributed by atoms with van der Waals surface area (Å²) in [5.74, 6) is -1.78. The number of halogens is 1. The first kappa shape index (κ1) is 17.6. The number of carboxylic acid groups (broad SMARTS) is 1. The first-order chi connectivity index (χ1) is 9.76. The van der Waals surface area contributed by atoms with Gasteiger partial charge in [0.05, 0.1) is 27.9 Å². The largest absolute Gasteiger partial charge is 0.480 e. The summed E-state index contributed by atoms with van der Waals surface area (Å²) in [6.45, 7) is 5.42. The molecule has 0 radical (unpaired) electrons. The van der Waals surface area contributed by atoms with Crippen molar-refractivity contribution in [3.05, 3.63) is 16.4 Å². The summed E-state index contributed by atoms with van der Waals surface area (Å²) in [7, 11) is -1.49. The Balaban J connectivity index is 2.81. The standard InChI is InChI=1S/C12H18ClN3O4S/c1-4-16-10(11(13)7(2)15-16)6-21(20)5-9(12(18)19)14-8(3)17/h9H,4-6H2,1-3H3,(H,14,17)(H,18,19)/t9-,21?/m0/s1. The van der Waals surface area contributed by atoms with Crippen LogP contribution in [0.2, 0.25) is 5.02 Å². The molecule has 0 aliphatic heterocycles. The number of amides is 1. The lowest BCUT2D eigenvalue weighted by molar-refractivity contribution is -0.140. The Morgan fingerprint density at radius 1 is 1.52 bits per heavy atom.